The zero-order chi connectivity index (χ0) is 19.5. The lowest BCUT2D eigenvalue weighted by Crippen LogP contribution is -2.30. The number of hydrogen-bond acceptors (Lipinski definition) is 3. The van der Waals surface area contributed by atoms with E-state index in [1.165, 1.54) is 0 Å². The number of carbonyl (C=O) groups is 1. The van der Waals surface area contributed by atoms with Gasteiger partial charge in [0.05, 0.1) is 29.4 Å². The Labute approximate surface area is 164 Å². The van der Waals surface area contributed by atoms with Gasteiger partial charge in [0.15, 0.2) is 5.65 Å². The van der Waals surface area contributed by atoms with Crippen molar-refractivity contribution < 1.29 is 4.79 Å². The summed E-state index contributed by atoms with van der Waals surface area (Å²) in [5, 5.41) is 8.26. The second kappa shape index (κ2) is 7.64. The van der Waals surface area contributed by atoms with Gasteiger partial charge in [0.2, 0.25) is 0 Å². The largest absolute Gasteiger partial charge is 0.350 e. The first-order chi connectivity index (χ1) is 13.6. The average Bonchev–Trinajstić information content (AvgIpc) is 3.11. The molecule has 0 unspecified atom stereocenters. The standard InChI is InChI=1S/C23H22N4O/c1-16(2)25-23(28)19-13-21(18-11-7-4-8-12-18)26-22-20(19)14-24-27(22)15-17-9-5-3-6-10-17/h3-14,16H,15H2,1-2H3,(H,25,28). The third-order valence-corrected chi connectivity index (χ3v) is 4.52. The number of nitrogens with zero attached hydrogens (tertiary/aromatic N) is 3. The number of amides is 1. The quantitative estimate of drug-likeness (QED) is 0.570. The Bertz CT molecular complexity index is 1100. The third-order valence-electron chi connectivity index (χ3n) is 4.52. The van der Waals surface area contributed by atoms with Gasteiger partial charge in [0.25, 0.3) is 5.91 Å². The number of hydrogen-bond donors (Lipinski definition) is 1. The van der Waals surface area contributed by atoms with Crippen molar-refractivity contribution in [1.29, 1.82) is 0 Å². The fraction of sp³-hybridized carbons (Fsp3) is 0.174. The van der Waals surface area contributed by atoms with Crippen molar-refractivity contribution in [3.63, 3.8) is 0 Å². The predicted molar refractivity (Wildman–Crippen MR) is 111 cm³/mol. The molecule has 2 aromatic carbocycles. The van der Waals surface area contributed by atoms with E-state index >= 15 is 0 Å². The lowest BCUT2D eigenvalue weighted by molar-refractivity contribution is 0.0945. The molecule has 0 atom stereocenters. The van der Waals surface area contributed by atoms with Crippen LogP contribution in [0.3, 0.4) is 0 Å². The van der Waals surface area contributed by atoms with Gasteiger partial charge >= 0.3 is 0 Å². The number of nitrogens with one attached hydrogen (secondary N) is 1. The van der Waals surface area contributed by atoms with Crippen LogP contribution in [0.1, 0.15) is 29.8 Å². The molecule has 5 heteroatoms. The van der Waals surface area contributed by atoms with Gasteiger partial charge in [-0.3, -0.25) is 4.79 Å². The Morgan fingerprint density at radius 2 is 1.71 bits per heavy atom. The van der Waals surface area contributed by atoms with Gasteiger partial charge in [-0.2, -0.15) is 5.10 Å². The minimum absolute atomic E-state index is 0.0512. The van der Waals surface area contributed by atoms with E-state index < -0.39 is 0 Å². The number of aromatic nitrogens is 3. The highest BCUT2D eigenvalue weighted by molar-refractivity contribution is 6.06. The van der Waals surface area contributed by atoms with Crippen molar-refractivity contribution in [2.45, 2.75) is 26.4 Å². The molecule has 4 rings (SSSR count). The first-order valence-corrected chi connectivity index (χ1v) is 9.38. The van der Waals surface area contributed by atoms with Crippen LogP contribution in [-0.2, 0) is 6.54 Å². The second-order valence-corrected chi connectivity index (χ2v) is 7.07. The van der Waals surface area contributed by atoms with Crippen LogP contribution in [0.15, 0.2) is 72.9 Å². The van der Waals surface area contributed by atoms with E-state index in [0.29, 0.717) is 17.8 Å². The molecule has 0 aliphatic carbocycles. The van der Waals surface area contributed by atoms with E-state index in [2.05, 4.69) is 22.5 Å². The molecule has 0 aliphatic rings. The summed E-state index contributed by atoms with van der Waals surface area (Å²) in [6, 6.07) is 21.9. The van der Waals surface area contributed by atoms with Crippen LogP contribution < -0.4 is 5.32 Å². The minimum Gasteiger partial charge on any atom is -0.350 e. The van der Waals surface area contributed by atoms with Crippen LogP contribution in [0.4, 0.5) is 0 Å². The summed E-state index contributed by atoms with van der Waals surface area (Å²) >= 11 is 0. The summed E-state index contributed by atoms with van der Waals surface area (Å²) in [4.78, 5) is 17.7. The number of rotatable bonds is 5. The van der Waals surface area contributed by atoms with Crippen LogP contribution >= 0.6 is 0 Å². The summed E-state index contributed by atoms with van der Waals surface area (Å²) in [7, 11) is 0. The Morgan fingerprint density at radius 3 is 2.39 bits per heavy atom. The van der Waals surface area contributed by atoms with Crippen molar-refractivity contribution >= 4 is 16.9 Å². The minimum atomic E-state index is -0.112. The van der Waals surface area contributed by atoms with E-state index in [1.807, 2.05) is 73.1 Å². The molecule has 0 spiro atoms. The van der Waals surface area contributed by atoms with Crippen molar-refractivity contribution in [2.75, 3.05) is 0 Å². The number of pyridine rings is 1. The number of fused-ring (bicyclic) bond motifs is 1. The van der Waals surface area contributed by atoms with E-state index in [-0.39, 0.29) is 11.9 Å². The topological polar surface area (TPSA) is 59.8 Å². The van der Waals surface area contributed by atoms with Gasteiger partial charge in [-0.05, 0) is 25.5 Å². The lowest BCUT2D eigenvalue weighted by Gasteiger charge is -2.11. The van der Waals surface area contributed by atoms with Crippen molar-refractivity contribution in [3.05, 3.63) is 84.1 Å². The summed E-state index contributed by atoms with van der Waals surface area (Å²) < 4.78 is 1.85. The third kappa shape index (κ3) is 3.64. The highest BCUT2D eigenvalue weighted by atomic mass is 16.1. The maximum Gasteiger partial charge on any atom is 0.252 e. The molecule has 0 aliphatic heterocycles. The Hall–Kier alpha value is -3.47. The molecule has 1 amide bonds. The molecule has 4 aromatic rings. The fourth-order valence-corrected chi connectivity index (χ4v) is 3.20. The first kappa shape index (κ1) is 17.9. The molecule has 2 aromatic heterocycles. The molecule has 5 nitrogen and oxygen atoms in total. The van der Waals surface area contributed by atoms with Crippen molar-refractivity contribution in [1.82, 2.24) is 20.1 Å². The maximum absolute atomic E-state index is 12.8. The molecule has 0 radical (unpaired) electrons. The molecule has 1 N–H and O–H groups in total. The van der Waals surface area contributed by atoms with E-state index in [0.717, 1.165) is 22.2 Å². The molecule has 140 valence electrons. The maximum atomic E-state index is 12.8. The Kier molecular flexibility index (Phi) is 4.89. The summed E-state index contributed by atoms with van der Waals surface area (Å²) in [6.45, 7) is 4.50. The summed E-state index contributed by atoms with van der Waals surface area (Å²) in [5.41, 5.74) is 4.16. The van der Waals surface area contributed by atoms with Gasteiger partial charge in [-0.15, -0.1) is 0 Å². The van der Waals surface area contributed by atoms with Crippen LogP contribution in [0.5, 0.6) is 0 Å². The van der Waals surface area contributed by atoms with E-state index in [4.69, 9.17) is 4.98 Å². The molecule has 0 saturated carbocycles. The van der Waals surface area contributed by atoms with Crippen LogP contribution in [-0.4, -0.2) is 26.7 Å². The Morgan fingerprint density at radius 1 is 1.04 bits per heavy atom. The van der Waals surface area contributed by atoms with E-state index in [1.54, 1.807) is 6.20 Å². The van der Waals surface area contributed by atoms with Crippen LogP contribution in [0.25, 0.3) is 22.3 Å². The van der Waals surface area contributed by atoms with Gasteiger partial charge in [-0.1, -0.05) is 60.7 Å². The normalized spacial score (nSPS) is 11.1. The second-order valence-electron chi connectivity index (χ2n) is 7.07. The van der Waals surface area contributed by atoms with E-state index in [9.17, 15) is 4.79 Å². The molecular formula is C23H22N4O. The summed E-state index contributed by atoms with van der Waals surface area (Å²) in [5.74, 6) is -0.112. The lowest BCUT2D eigenvalue weighted by atomic mass is 10.1. The molecule has 2 heterocycles. The highest BCUT2D eigenvalue weighted by Crippen LogP contribution is 2.25. The zero-order valence-corrected chi connectivity index (χ0v) is 16.0. The van der Waals surface area contributed by atoms with Crippen LogP contribution in [0.2, 0.25) is 0 Å². The van der Waals surface area contributed by atoms with Crippen molar-refractivity contribution in [2.24, 2.45) is 0 Å². The van der Waals surface area contributed by atoms with Gasteiger partial charge < -0.3 is 5.32 Å². The SMILES string of the molecule is CC(C)NC(=O)c1cc(-c2ccccc2)nc2c1cnn2Cc1ccccc1. The van der Waals surface area contributed by atoms with Gasteiger partial charge in [-0.25, -0.2) is 9.67 Å². The van der Waals surface area contributed by atoms with Crippen LogP contribution in [0, 0.1) is 0 Å². The molecular weight excluding hydrogens is 348 g/mol. The Balaban J connectivity index is 1.86. The number of carbonyl (C=O) groups excluding carboxylic acids is 1. The van der Waals surface area contributed by atoms with Gasteiger partial charge in [0.1, 0.15) is 0 Å². The summed E-state index contributed by atoms with van der Waals surface area (Å²) in [6.07, 6.45) is 1.73. The molecule has 0 bridgehead atoms. The molecule has 0 saturated heterocycles. The zero-order valence-electron chi connectivity index (χ0n) is 16.0. The smallest absolute Gasteiger partial charge is 0.252 e. The molecule has 0 fully saturated rings. The number of benzene rings is 2. The highest BCUT2D eigenvalue weighted by Gasteiger charge is 2.18. The average molecular weight is 370 g/mol. The first-order valence-electron chi connectivity index (χ1n) is 9.38. The monoisotopic (exact) mass is 370 g/mol. The van der Waals surface area contributed by atoms with Gasteiger partial charge in [0, 0.05) is 11.6 Å². The predicted octanol–water partition coefficient (Wildman–Crippen LogP) is 4.28. The van der Waals surface area contributed by atoms with Crippen molar-refractivity contribution in [3.8, 4) is 11.3 Å². The molecule has 28 heavy (non-hydrogen) atoms. The fourth-order valence-electron chi connectivity index (χ4n) is 3.20.